The van der Waals surface area contributed by atoms with Crippen LogP contribution < -0.4 is 14.4 Å². The van der Waals surface area contributed by atoms with Gasteiger partial charge in [0.15, 0.2) is 5.78 Å². The number of benzene rings is 2. The number of likely N-dealkylation sites (tertiary alicyclic amines) is 1. The number of carbonyl (C=O) groups excluding carboxylic acids is 2. The van der Waals surface area contributed by atoms with E-state index in [9.17, 15) is 9.59 Å². The smallest absolute Gasteiger partial charge is 0.255 e. The van der Waals surface area contributed by atoms with Gasteiger partial charge in [-0.05, 0) is 73.9 Å². The lowest BCUT2D eigenvalue weighted by Crippen LogP contribution is -2.46. The molecule has 2 saturated heterocycles. The van der Waals surface area contributed by atoms with Crippen LogP contribution in [0.2, 0.25) is 0 Å². The monoisotopic (exact) mass is 513 g/mol. The third kappa shape index (κ3) is 4.38. The van der Waals surface area contributed by atoms with Gasteiger partial charge in [-0.15, -0.1) is 0 Å². The number of carbonyl (C=O) groups is 2. The fourth-order valence-corrected chi connectivity index (χ4v) is 6.42. The maximum Gasteiger partial charge on any atom is 0.255 e. The molecule has 38 heavy (non-hydrogen) atoms. The Bertz CT molecular complexity index is 1310. The minimum absolute atomic E-state index is 0.0179. The molecule has 3 aliphatic heterocycles. The molecule has 4 aliphatic rings. The van der Waals surface area contributed by atoms with E-state index >= 15 is 0 Å². The van der Waals surface area contributed by atoms with E-state index in [2.05, 4.69) is 23.1 Å². The van der Waals surface area contributed by atoms with Gasteiger partial charge in [0, 0.05) is 49.1 Å². The third-order valence-corrected chi connectivity index (χ3v) is 8.53. The second-order valence-corrected chi connectivity index (χ2v) is 10.7. The zero-order chi connectivity index (χ0) is 26.2. The van der Waals surface area contributed by atoms with E-state index < -0.39 is 0 Å². The molecule has 3 unspecified atom stereocenters. The molecule has 2 fully saturated rings. The molecule has 6 rings (SSSR count). The van der Waals surface area contributed by atoms with Crippen molar-refractivity contribution in [2.45, 2.75) is 50.6 Å². The average molecular weight is 514 g/mol. The molecule has 2 aromatic carbocycles. The van der Waals surface area contributed by atoms with E-state index in [1.807, 2.05) is 29.2 Å². The molecule has 0 aromatic heterocycles. The number of dihydropyridines is 1. The van der Waals surface area contributed by atoms with Crippen LogP contribution in [0.3, 0.4) is 0 Å². The van der Waals surface area contributed by atoms with E-state index in [1.165, 1.54) is 6.42 Å². The lowest BCUT2D eigenvalue weighted by Gasteiger charge is -2.42. The molecule has 198 valence electrons. The summed E-state index contributed by atoms with van der Waals surface area (Å²) in [5.74, 6) is 1.80. The van der Waals surface area contributed by atoms with Crippen molar-refractivity contribution in [3.05, 3.63) is 64.7 Å². The third-order valence-electron chi connectivity index (χ3n) is 8.53. The van der Waals surface area contributed by atoms with Crippen LogP contribution >= 0.6 is 0 Å². The fraction of sp³-hybridized carbons (Fsp3) is 0.452. The Morgan fingerprint density at radius 1 is 1.00 bits per heavy atom. The molecule has 0 N–H and O–H groups in total. The predicted octanol–water partition coefficient (Wildman–Crippen LogP) is 4.79. The minimum atomic E-state index is -0.184. The molecule has 3 heterocycles. The molecule has 1 amide bonds. The highest BCUT2D eigenvalue weighted by Crippen LogP contribution is 2.43. The number of Topliss-reactive ketones (excluding diaryl/α,β-unsaturated/α-hetero) is 1. The lowest BCUT2D eigenvalue weighted by atomic mass is 9.72. The Kier molecular flexibility index (Phi) is 6.68. The maximum absolute atomic E-state index is 13.1. The van der Waals surface area contributed by atoms with Crippen molar-refractivity contribution in [2.75, 3.05) is 38.8 Å². The number of methoxy groups -OCH3 is 2. The number of hydrogen-bond donors (Lipinski definition) is 0. The summed E-state index contributed by atoms with van der Waals surface area (Å²) in [7, 11) is 3.27. The predicted molar refractivity (Wildman–Crippen MR) is 148 cm³/mol. The van der Waals surface area contributed by atoms with Crippen molar-refractivity contribution in [3.8, 4) is 11.5 Å². The summed E-state index contributed by atoms with van der Waals surface area (Å²) >= 11 is 0. The summed E-state index contributed by atoms with van der Waals surface area (Å²) in [6.07, 6.45) is 9.97. The van der Waals surface area contributed by atoms with Gasteiger partial charge in [0.25, 0.3) is 5.91 Å². The van der Waals surface area contributed by atoms with Gasteiger partial charge in [0.2, 0.25) is 0 Å². The summed E-state index contributed by atoms with van der Waals surface area (Å²) in [6, 6.07) is 11.9. The van der Waals surface area contributed by atoms with Gasteiger partial charge >= 0.3 is 0 Å². The molecule has 3 atom stereocenters. The molecular weight excluding hydrogens is 478 g/mol. The maximum atomic E-state index is 13.1. The number of amides is 1. The molecular formula is C31H35N3O4. The number of hydrogen-bond acceptors (Lipinski definition) is 6. The number of anilines is 1. The number of nitrogens with zero attached hydrogens (tertiary/aromatic N) is 3. The number of ether oxygens (including phenoxy) is 2. The van der Waals surface area contributed by atoms with Crippen molar-refractivity contribution in [1.82, 2.24) is 4.90 Å². The number of rotatable bonds is 6. The number of piperidine rings is 2. The van der Waals surface area contributed by atoms with Gasteiger partial charge in [-0.25, -0.2) is 0 Å². The summed E-state index contributed by atoms with van der Waals surface area (Å²) < 4.78 is 10.9. The summed E-state index contributed by atoms with van der Waals surface area (Å²) in [5.41, 5.74) is 4.72. The van der Waals surface area contributed by atoms with Crippen molar-refractivity contribution in [1.29, 1.82) is 0 Å². The topological polar surface area (TPSA) is 71.4 Å². The standard InChI is InChI=1S/C31H35N3O4/c1-37-24-10-8-20(28(18-24)38-2)16-27-26-17-23(9-11-25(26)29(27)35)34-14-6-7-21-15-22(19-32-30(21)34)31(36)33-12-4-3-5-13-33/h8-11,15,17-19,21,27,30H,3-7,12-14,16H2,1-2H3. The van der Waals surface area contributed by atoms with Gasteiger partial charge in [-0.1, -0.05) is 12.1 Å². The molecule has 0 bridgehead atoms. The lowest BCUT2D eigenvalue weighted by molar-refractivity contribution is -0.127. The average Bonchev–Trinajstić information content (AvgIpc) is 2.98. The minimum Gasteiger partial charge on any atom is -0.497 e. The Balaban J connectivity index is 1.21. The first kappa shape index (κ1) is 24.7. The summed E-state index contributed by atoms with van der Waals surface area (Å²) in [5, 5.41) is 0. The van der Waals surface area contributed by atoms with Crippen LogP contribution in [0.4, 0.5) is 5.69 Å². The first-order valence-corrected chi connectivity index (χ1v) is 13.8. The highest BCUT2D eigenvalue weighted by molar-refractivity contribution is 6.13. The van der Waals surface area contributed by atoms with Crippen LogP contribution in [-0.4, -0.2) is 62.8 Å². The number of fused-ring (bicyclic) bond motifs is 2. The van der Waals surface area contributed by atoms with Crippen LogP contribution in [0.25, 0.3) is 0 Å². The highest BCUT2D eigenvalue weighted by Gasteiger charge is 2.39. The van der Waals surface area contributed by atoms with E-state index in [0.29, 0.717) is 6.42 Å². The van der Waals surface area contributed by atoms with Gasteiger partial charge in [0.05, 0.1) is 25.7 Å². The molecule has 7 nitrogen and oxygen atoms in total. The molecule has 7 heteroatoms. The van der Waals surface area contributed by atoms with Crippen LogP contribution in [0, 0.1) is 5.92 Å². The van der Waals surface area contributed by atoms with Crippen molar-refractivity contribution in [3.63, 3.8) is 0 Å². The number of ketones is 1. The van der Waals surface area contributed by atoms with E-state index in [-0.39, 0.29) is 29.7 Å². The Morgan fingerprint density at radius 2 is 1.84 bits per heavy atom. The fourth-order valence-electron chi connectivity index (χ4n) is 6.42. The van der Waals surface area contributed by atoms with Gasteiger partial charge in [0.1, 0.15) is 17.7 Å². The van der Waals surface area contributed by atoms with Gasteiger partial charge in [-0.2, -0.15) is 0 Å². The second kappa shape index (κ2) is 10.3. The molecule has 2 aromatic rings. The van der Waals surface area contributed by atoms with Crippen LogP contribution in [-0.2, 0) is 11.2 Å². The molecule has 0 radical (unpaired) electrons. The molecule has 1 aliphatic carbocycles. The van der Waals surface area contributed by atoms with Crippen LogP contribution in [0.15, 0.2) is 53.0 Å². The zero-order valence-corrected chi connectivity index (χ0v) is 22.2. The van der Waals surface area contributed by atoms with Crippen LogP contribution in [0.1, 0.15) is 59.5 Å². The Morgan fingerprint density at radius 3 is 2.63 bits per heavy atom. The first-order chi connectivity index (χ1) is 18.6. The molecule has 0 spiro atoms. The first-order valence-electron chi connectivity index (χ1n) is 13.8. The number of aliphatic imine (C=N–C) groups is 1. The van der Waals surface area contributed by atoms with Crippen molar-refractivity contribution < 1.29 is 19.1 Å². The van der Waals surface area contributed by atoms with Crippen molar-refractivity contribution >= 4 is 23.6 Å². The molecule has 0 saturated carbocycles. The highest BCUT2D eigenvalue weighted by atomic mass is 16.5. The van der Waals surface area contributed by atoms with E-state index in [4.69, 9.17) is 14.5 Å². The quantitative estimate of drug-likeness (QED) is 0.555. The van der Waals surface area contributed by atoms with Crippen molar-refractivity contribution in [2.24, 2.45) is 10.9 Å². The van der Waals surface area contributed by atoms with E-state index in [0.717, 1.165) is 84.8 Å². The Hall–Kier alpha value is -3.61. The second-order valence-electron chi connectivity index (χ2n) is 10.7. The normalized spacial score (nSPS) is 24.2. The largest absolute Gasteiger partial charge is 0.497 e. The van der Waals surface area contributed by atoms with Gasteiger partial charge < -0.3 is 19.3 Å². The van der Waals surface area contributed by atoms with E-state index in [1.54, 1.807) is 20.4 Å². The summed E-state index contributed by atoms with van der Waals surface area (Å²) in [6.45, 7) is 2.61. The van der Waals surface area contributed by atoms with Crippen LogP contribution in [0.5, 0.6) is 11.5 Å². The zero-order valence-electron chi connectivity index (χ0n) is 22.2. The SMILES string of the molecule is COc1ccc(CC2C(=O)c3ccc(N4CCCC5C=C(C(=O)N6CCCCC6)C=NC54)cc32)c(OC)c1. The van der Waals surface area contributed by atoms with Gasteiger partial charge in [-0.3, -0.25) is 14.6 Å². The Labute approximate surface area is 224 Å². The summed E-state index contributed by atoms with van der Waals surface area (Å²) in [4.78, 5) is 35.3.